The highest BCUT2D eigenvalue weighted by Gasteiger charge is 2.23. The van der Waals surface area contributed by atoms with Crippen LogP contribution in [0.4, 0.5) is 0 Å². The monoisotopic (exact) mass is 290 g/mol. The van der Waals surface area contributed by atoms with Gasteiger partial charge in [0.1, 0.15) is 6.04 Å². The molecular weight excluding hydrogens is 264 g/mol. The summed E-state index contributed by atoms with van der Waals surface area (Å²) >= 11 is 0. The highest BCUT2D eigenvalue weighted by atomic mass is 16.4. The maximum atomic E-state index is 10.3. The topological polar surface area (TPSA) is 163 Å². The molecule has 0 fully saturated rings. The first-order chi connectivity index (χ1) is 9.04. The van der Waals surface area contributed by atoms with Gasteiger partial charge in [-0.1, -0.05) is 6.92 Å². The fourth-order valence-corrected chi connectivity index (χ4v) is 0.820. The summed E-state index contributed by atoms with van der Waals surface area (Å²) in [5, 5.41) is 26.2. The molecule has 0 aromatic rings. The first kappa shape index (κ1) is 20.5. The minimum Gasteiger partial charge on any atom is -0.481 e. The SMILES string of the molecule is CCC(C)(C)C(=O)O.N=C(N)NCCC[C@H](N)C(=O)O. The van der Waals surface area contributed by atoms with Gasteiger partial charge in [-0.3, -0.25) is 15.0 Å². The Hall–Kier alpha value is -1.83. The van der Waals surface area contributed by atoms with Crippen LogP contribution in [0.25, 0.3) is 0 Å². The summed E-state index contributed by atoms with van der Waals surface area (Å²) in [6, 6.07) is -0.821. The Morgan fingerprint density at radius 3 is 2.10 bits per heavy atom. The predicted molar refractivity (Wildman–Crippen MR) is 76.5 cm³/mol. The summed E-state index contributed by atoms with van der Waals surface area (Å²) in [5.41, 5.74) is 9.67. The Morgan fingerprint density at radius 2 is 1.85 bits per heavy atom. The molecule has 8 heteroatoms. The van der Waals surface area contributed by atoms with Crippen molar-refractivity contribution in [2.75, 3.05) is 6.54 Å². The fraction of sp³-hybridized carbons (Fsp3) is 0.750. The number of aliphatic carboxylic acids is 2. The van der Waals surface area contributed by atoms with Crippen LogP contribution in [0.3, 0.4) is 0 Å². The lowest BCUT2D eigenvalue weighted by Crippen LogP contribution is -2.34. The van der Waals surface area contributed by atoms with Crippen LogP contribution < -0.4 is 16.8 Å². The van der Waals surface area contributed by atoms with Crippen molar-refractivity contribution in [3.63, 3.8) is 0 Å². The van der Waals surface area contributed by atoms with Crippen LogP contribution in [0, 0.1) is 10.8 Å². The van der Waals surface area contributed by atoms with Gasteiger partial charge in [-0.05, 0) is 33.1 Å². The first-order valence-corrected chi connectivity index (χ1v) is 6.34. The van der Waals surface area contributed by atoms with Crippen molar-refractivity contribution >= 4 is 17.9 Å². The van der Waals surface area contributed by atoms with Crippen LogP contribution in [-0.2, 0) is 9.59 Å². The van der Waals surface area contributed by atoms with E-state index in [2.05, 4.69) is 5.32 Å². The van der Waals surface area contributed by atoms with Crippen LogP contribution in [0.2, 0.25) is 0 Å². The molecule has 118 valence electrons. The van der Waals surface area contributed by atoms with Gasteiger partial charge in [0, 0.05) is 6.54 Å². The van der Waals surface area contributed by atoms with Gasteiger partial charge >= 0.3 is 11.9 Å². The number of guanidine groups is 1. The Morgan fingerprint density at radius 1 is 1.35 bits per heavy atom. The Labute approximate surface area is 119 Å². The zero-order valence-corrected chi connectivity index (χ0v) is 12.3. The van der Waals surface area contributed by atoms with Crippen molar-refractivity contribution in [2.45, 2.75) is 46.1 Å². The lowest BCUT2D eigenvalue weighted by molar-refractivity contribution is -0.147. The second kappa shape index (κ2) is 10.0. The molecule has 0 bridgehead atoms. The van der Waals surface area contributed by atoms with Gasteiger partial charge in [-0.15, -0.1) is 0 Å². The molecule has 1 atom stereocenters. The summed E-state index contributed by atoms with van der Waals surface area (Å²) in [4.78, 5) is 20.5. The van der Waals surface area contributed by atoms with E-state index in [0.717, 1.165) is 0 Å². The molecule has 20 heavy (non-hydrogen) atoms. The summed E-state index contributed by atoms with van der Waals surface area (Å²) in [5.74, 6) is -1.84. The third kappa shape index (κ3) is 11.3. The summed E-state index contributed by atoms with van der Waals surface area (Å²) in [6.45, 7) is 5.79. The molecule has 0 unspecified atom stereocenters. The van der Waals surface area contributed by atoms with Gasteiger partial charge in [0.05, 0.1) is 5.41 Å². The van der Waals surface area contributed by atoms with Gasteiger partial charge in [0.25, 0.3) is 0 Å². The lowest BCUT2D eigenvalue weighted by Gasteiger charge is -2.14. The Balaban J connectivity index is 0. The second-order valence-corrected chi connectivity index (χ2v) is 4.97. The van der Waals surface area contributed by atoms with Gasteiger partial charge in [-0.2, -0.15) is 0 Å². The van der Waals surface area contributed by atoms with Crippen molar-refractivity contribution in [3.05, 3.63) is 0 Å². The third-order valence-electron chi connectivity index (χ3n) is 2.79. The highest BCUT2D eigenvalue weighted by Crippen LogP contribution is 2.18. The molecule has 0 spiro atoms. The van der Waals surface area contributed by atoms with Gasteiger partial charge in [0.15, 0.2) is 5.96 Å². The molecule has 0 saturated carbocycles. The molecule has 0 amide bonds. The Bertz CT molecular complexity index is 331. The van der Waals surface area contributed by atoms with E-state index in [9.17, 15) is 9.59 Å². The molecule has 0 saturated heterocycles. The van der Waals surface area contributed by atoms with Crippen molar-refractivity contribution in [1.82, 2.24) is 5.32 Å². The average Bonchev–Trinajstić information content (AvgIpc) is 2.34. The van der Waals surface area contributed by atoms with E-state index >= 15 is 0 Å². The largest absolute Gasteiger partial charge is 0.481 e. The third-order valence-corrected chi connectivity index (χ3v) is 2.79. The first-order valence-electron chi connectivity index (χ1n) is 6.34. The smallest absolute Gasteiger partial charge is 0.320 e. The molecule has 8 N–H and O–H groups in total. The van der Waals surface area contributed by atoms with Crippen molar-refractivity contribution in [3.8, 4) is 0 Å². The lowest BCUT2D eigenvalue weighted by atomic mass is 9.91. The zero-order chi connectivity index (χ0) is 16.3. The van der Waals surface area contributed by atoms with Crippen LogP contribution in [0.15, 0.2) is 0 Å². The highest BCUT2D eigenvalue weighted by molar-refractivity contribution is 5.74. The van der Waals surface area contributed by atoms with E-state index in [1.54, 1.807) is 13.8 Å². The molecule has 8 nitrogen and oxygen atoms in total. The van der Waals surface area contributed by atoms with Crippen LogP contribution in [0.5, 0.6) is 0 Å². The van der Waals surface area contributed by atoms with Crippen LogP contribution >= 0.6 is 0 Å². The molecule has 0 aromatic heterocycles. The van der Waals surface area contributed by atoms with E-state index in [0.29, 0.717) is 25.8 Å². The number of carbonyl (C=O) groups is 2. The maximum Gasteiger partial charge on any atom is 0.320 e. The Kier molecular flexibility index (Phi) is 10.3. The minimum absolute atomic E-state index is 0.112. The number of carboxylic acid groups (broad SMARTS) is 2. The van der Waals surface area contributed by atoms with Crippen molar-refractivity contribution in [2.24, 2.45) is 16.9 Å². The van der Waals surface area contributed by atoms with Gasteiger partial charge < -0.3 is 27.0 Å². The van der Waals surface area contributed by atoms with E-state index in [1.165, 1.54) is 0 Å². The van der Waals surface area contributed by atoms with Crippen molar-refractivity contribution < 1.29 is 19.8 Å². The molecule has 0 aliphatic rings. The quantitative estimate of drug-likeness (QED) is 0.221. The summed E-state index contributed by atoms with van der Waals surface area (Å²) in [7, 11) is 0. The number of carboxylic acids is 2. The predicted octanol–water partition coefficient (Wildman–Crippen LogP) is 0.169. The number of rotatable bonds is 7. The van der Waals surface area contributed by atoms with Crippen molar-refractivity contribution in [1.29, 1.82) is 5.41 Å². The molecule has 0 rings (SSSR count). The second-order valence-electron chi connectivity index (χ2n) is 4.97. The van der Waals surface area contributed by atoms with E-state index in [4.69, 9.17) is 27.1 Å². The van der Waals surface area contributed by atoms with Gasteiger partial charge in [0.2, 0.25) is 0 Å². The molecular formula is C12H26N4O4. The standard InChI is InChI=1S/C6H14N4O2.C6H12O2/c7-4(5(11)12)2-1-3-10-6(8)9;1-4-6(2,3)5(7)8/h4H,1-3,7H2,(H,11,12)(H4,8,9,10);4H2,1-3H3,(H,7,8)/t4-;/m0./s1. The van der Waals surface area contributed by atoms with E-state index in [1.807, 2.05) is 6.92 Å². The molecule has 0 aromatic carbocycles. The minimum atomic E-state index is -1.00. The van der Waals surface area contributed by atoms with Gasteiger partial charge in [-0.25, -0.2) is 0 Å². The normalized spacial score (nSPS) is 11.8. The van der Waals surface area contributed by atoms with Crippen LogP contribution in [0.1, 0.15) is 40.0 Å². The zero-order valence-electron chi connectivity index (χ0n) is 12.3. The number of hydrogen-bond acceptors (Lipinski definition) is 4. The average molecular weight is 290 g/mol. The number of nitrogens with two attached hydrogens (primary N) is 2. The number of nitrogens with one attached hydrogen (secondary N) is 2. The number of hydrogen-bond donors (Lipinski definition) is 6. The summed E-state index contributed by atoms with van der Waals surface area (Å²) < 4.78 is 0. The molecule has 0 aliphatic heterocycles. The molecule has 0 heterocycles. The van der Waals surface area contributed by atoms with Crippen LogP contribution in [-0.4, -0.2) is 40.7 Å². The summed E-state index contributed by atoms with van der Waals surface area (Å²) in [6.07, 6.45) is 1.66. The molecule has 0 radical (unpaired) electrons. The maximum absolute atomic E-state index is 10.3. The van der Waals surface area contributed by atoms with E-state index in [-0.39, 0.29) is 5.96 Å². The fourth-order valence-electron chi connectivity index (χ4n) is 0.820. The van der Waals surface area contributed by atoms with E-state index < -0.39 is 23.4 Å². The molecule has 0 aliphatic carbocycles.